The van der Waals surface area contributed by atoms with Gasteiger partial charge in [0.05, 0.1) is 24.5 Å². The van der Waals surface area contributed by atoms with Crippen molar-refractivity contribution in [3.8, 4) is 0 Å². The van der Waals surface area contributed by atoms with Crippen LogP contribution in [0.2, 0.25) is 0 Å². The summed E-state index contributed by atoms with van der Waals surface area (Å²) in [5.41, 5.74) is -0.606. The van der Waals surface area contributed by atoms with Crippen LogP contribution >= 0.6 is 0 Å². The van der Waals surface area contributed by atoms with Crippen molar-refractivity contribution in [2.24, 2.45) is 34.5 Å². The summed E-state index contributed by atoms with van der Waals surface area (Å²) in [5.74, 6) is -0.625. The fourth-order valence-electron chi connectivity index (χ4n) is 7.77. The molecule has 1 N–H and O–H groups in total. The van der Waals surface area contributed by atoms with Gasteiger partial charge in [-0.1, -0.05) is 12.2 Å². The van der Waals surface area contributed by atoms with Gasteiger partial charge in [0.15, 0.2) is 0 Å². The first-order valence-electron chi connectivity index (χ1n) is 9.48. The van der Waals surface area contributed by atoms with Gasteiger partial charge in [0, 0.05) is 11.8 Å². The number of aliphatic hydroxyl groups is 1. The van der Waals surface area contributed by atoms with Crippen LogP contribution in [-0.2, 0) is 19.1 Å². The highest BCUT2D eigenvalue weighted by atomic mass is 16.6. The highest BCUT2D eigenvalue weighted by Gasteiger charge is 2.83. The molecular formula is C20H26O5. The highest BCUT2D eigenvalue weighted by Crippen LogP contribution is 2.77. The minimum absolute atomic E-state index is 0.169. The standard InChI is InChI=1S/C20H26O5/c1-10-8-19-9-11(10)4-5-12(19)20-7-6-13(21)18(2,17(23)25-20)15(20)14(19)16(22)24-3/h11-15,21H,1,4-9H2,2-3H3/t11-,12+,13-,14+,15+,18+,19-,20+/m0/s1. The number of allylic oxidation sites excluding steroid dienone is 1. The van der Waals surface area contributed by atoms with Crippen LogP contribution in [0.4, 0.5) is 0 Å². The molecular weight excluding hydrogens is 320 g/mol. The van der Waals surface area contributed by atoms with E-state index in [2.05, 4.69) is 6.58 Å². The van der Waals surface area contributed by atoms with Crippen molar-refractivity contribution in [3.63, 3.8) is 0 Å². The van der Waals surface area contributed by atoms with Crippen LogP contribution in [0.15, 0.2) is 12.2 Å². The predicted molar refractivity (Wildman–Crippen MR) is 88.2 cm³/mol. The molecule has 5 rings (SSSR count). The Labute approximate surface area is 147 Å². The lowest BCUT2D eigenvalue weighted by Crippen LogP contribution is -2.53. The Morgan fingerprint density at radius 1 is 1.36 bits per heavy atom. The number of hydrogen-bond acceptors (Lipinski definition) is 5. The Bertz CT molecular complexity index is 700. The van der Waals surface area contributed by atoms with Crippen molar-refractivity contribution in [1.29, 1.82) is 0 Å². The third-order valence-corrected chi connectivity index (χ3v) is 8.65. The molecule has 0 unspecified atom stereocenters. The second-order valence-electron chi connectivity index (χ2n) is 9.26. The van der Waals surface area contributed by atoms with Crippen LogP contribution in [0.25, 0.3) is 0 Å². The summed E-state index contributed by atoms with van der Waals surface area (Å²) in [6.07, 6.45) is 4.24. The summed E-state index contributed by atoms with van der Waals surface area (Å²) < 4.78 is 11.3. The molecule has 1 spiro atoms. The van der Waals surface area contributed by atoms with E-state index in [4.69, 9.17) is 9.47 Å². The quantitative estimate of drug-likeness (QED) is 0.582. The van der Waals surface area contributed by atoms with E-state index in [9.17, 15) is 14.7 Å². The minimum atomic E-state index is -1.01. The number of ether oxygens (including phenoxy) is 2. The summed E-state index contributed by atoms with van der Waals surface area (Å²) in [7, 11) is 1.43. The van der Waals surface area contributed by atoms with Gasteiger partial charge in [0.25, 0.3) is 0 Å². The second-order valence-corrected chi connectivity index (χ2v) is 9.26. The number of carbonyl (C=O) groups is 2. The number of rotatable bonds is 1. The van der Waals surface area contributed by atoms with E-state index in [0.717, 1.165) is 25.7 Å². The first kappa shape index (κ1) is 15.9. The van der Waals surface area contributed by atoms with Crippen LogP contribution in [0.3, 0.4) is 0 Å². The van der Waals surface area contributed by atoms with Gasteiger partial charge in [0.1, 0.15) is 5.60 Å². The lowest BCUT2D eigenvalue weighted by Gasteiger charge is -2.44. The van der Waals surface area contributed by atoms with Crippen LogP contribution in [0, 0.1) is 34.5 Å². The molecule has 5 aliphatic rings. The maximum atomic E-state index is 13.0. The van der Waals surface area contributed by atoms with Gasteiger partial charge < -0.3 is 14.6 Å². The zero-order chi connectivity index (χ0) is 17.8. The molecule has 1 aliphatic heterocycles. The molecule has 4 saturated carbocycles. The Morgan fingerprint density at radius 2 is 2.12 bits per heavy atom. The van der Waals surface area contributed by atoms with E-state index in [1.165, 1.54) is 12.7 Å². The first-order valence-corrected chi connectivity index (χ1v) is 9.48. The first-order chi connectivity index (χ1) is 11.8. The molecule has 25 heavy (non-hydrogen) atoms. The molecule has 1 heterocycles. The van der Waals surface area contributed by atoms with E-state index in [1.54, 1.807) is 6.92 Å². The van der Waals surface area contributed by atoms with E-state index < -0.39 is 23.0 Å². The normalized spacial score (nSPS) is 55.6. The average Bonchev–Trinajstić information content (AvgIpc) is 3.05. The Morgan fingerprint density at radius 3 is 2.84 bits per heavy atom. The zero-order valence-electron chi connectivity index (χ0n) is 14.9. The fourth-order valence-corrected chi connectivity index (χ4v) is 7.77. The van der Waals surface area contributed by atoms with Crippen molar-refractivity contribution < 1.29 is 24.2 Å². The van der Waals surface area contributed by atoms with Gasteiger partial charge in [0.2, 0.25) is 0 Å². The SMILES string of the molecule is C=C1C[C@]23C[C@@H]1CC[C@H]2[C@@]12CC[C@H](O)[C@@](C)(C(=O)O1)[C@H]2[C@@H]3C(=O)OC. The second kappa shape index (κ2) is 4.48. The topological polar surface area (TPSA) is 72.8 Å². The molecule has 0 aromatic rings. The molecule has 5 nitrogen and oxygen atoms in total. The summed E-state index contributed by atoms with van der Waals surface area (Å²) in [4.78, 5) is 25.8. The minimum Gasteiger partial charge on any atom is -0.469 e. The number of hydrogen-bond donors (Lipinski definition) is 1. The fraction of sp³-hybridized carbons (Fsp3) is 0.800. The lowest BCUT2D eigenvalue weighted by atomic mass is 9.59. The van der Waals surface area contributed by atoms with Gasteiger partial charge >= 0.3 is 11.9 Å². The summed E-state index contributed by atoms with van der Waals surface area (Å²) in [5, 5.41) is 10.7. The molecule has 0 radical (unpaired) electrons. The molecule has 0 aromatic carbocycles. The van der Waals surface area contributed by atoms with Crippen molar-refractivity contribution in [3.05, 3.63) is 12.2 Å². The average molecular weight is 346 g/mol. The molecule has 4 aliphatic carbocycles. The largest absolute Gasteiger partial charge is 0.469 e. The maximum absolute atomic E-state index is 13.0. The molecule has 5 fully saturated rings. The Balaban J connectivity index is 1.75. The molecule has 1 saturated heterocycles. The van der Waals surface area contributed by atoms with Gasteiger partial charge in [-0.05, 0) is 56.8 Å². The molecule has 136 valence electrons. The number of fused-ring (bicyclic) bond motifs is 1. The number of methoxy groups -OCH3 is 1. The van der Waals surface area contributed by atoms with E-state index in [1.807, 2.05) is 0 Å². The molecule has 0 amide bonds. The molecule has 5 heteroatoms. The van der Waals surface area contributed by atoms with Crippen molar-refractivity contribution in [2.45, 2.75) is 57.2 Å². The van der Waals surface area contributed by atoms with Gasteiger partial charge in [-0.2, -0.15) is 0 Å². The van der Waals surface area contributed by atoms with E-state index >= 15 is 0 Å². The van der Waals surface area contributed by atoms with Crippen LogP contribution in [0.1, 0.15) is 45.4 Å². The summed E-state index contributed by atoms with van der Waals surface area (Å²) in [6.45, 7) is 6.09. The smallest absolute Gasteiger partial charge is 0.315 e. The zero-order valence-corrected chi connectivity index (χ0v) is 14.9. The predicted octanol–water partition coefficient (Wildman–Crippen LogP) is 2.22. The third kappa shape index (κ3) is 1.48. The summed E-state index contributed by atoms with van der Waals surface area (Å²) >= 11 is 0. The van der Waals surface area contributed by atoms with Gasteiger partial charge in [-0.15, -0.1) is 0 Å². The molecule has 0 aromatic heterocycles. The van der Waals surface area contributed by atoms with Crippen LogP contribution in [0.5, 0.6) is 0 Å². The van der Waals surface area contributed by atoms with Crippen LogP contribution < -0.4 is 0 Å². The van der Waals surface area contributed by atoms with Crippen molar-refractivity contribution in [1.82, 2.24) is 0 Å². The van der Waals surface area contributed by atoms with E-state index in [-0.39, 0.29) is 29.2 Å². The Hall–Kier alpha value is -1.36. The molecule has 4 bridgehead atoms. The Kier molecular flexibility index (Phi) is 2.84. The van der Waals surface area contributed by atoms with Gasteiger partial charge in [-0.3, -0.25) is 9.59 Å². The number of carbonyl (C=O) groups excluding carboxylic acids is 2. The maximum Gasteiger partial charge on any atom is 0.315 e. The van der Waals surface area contributed by atoms with Crippen molar-refractivity contribution in [2.75, 3.05) is 7.11 Å². The highest BCUT2D eigenvalue weighted by molar-refractivity contribution is 5.85. The van der Waals surface area contributed by atoms with E-state index in [0.29, 0.717) is 18.8 Å². The number of aliphatic hydroxyl groups excluding tert-OH is 1. The third-order valence-electron chi connectivity index (χ3n) is 8.65. The lowest BCUT2D eigenvalue weighted by molar-refractivity contribution is -0.163. The number of esters is 2. The van der Waals surface area contributed by atoms with Crippen LogP contribution in [-0.4, -0.2) is 35.9 Å². The monoisotopic (exact) mass is 346 g/mol. The van der Waals surface area contributed by atoms with Crippen molar-refractivity contribution >= 4 is 11.9 Å². The summed E-state index contributed by atoms with van der Waals surface area (Å²) in [6, 6.07) is 0. The molecule has 8 atom stereocenters. The van der Waals surface area contributed by atoms with Gasteiger partial charge in [-0.25, -0.2) is 0 Å².